The van der Waals surface area contributed by atoms with Gasteiger partial charge >= 0.3 is 0 Å². The van der Waals surface area contributed by atoms with Crippen LogP contribution in [0, 0.1) is 11.8 Å². The number of Topliss-reactive ketones (excluding diaryl/α,β-unsaturated/α-hetero) is 1. The first-order valence-electron chi connectivity index (χ1n) is 10.7. The second kappa shape index (κ2) is 10.6. The quantitative estimate of drug-likeness (QED) is 0.246. The summed E-state index contributed by atoms with van der Waals surface area (Å²) in [5.74, 6) is -2.76. The van der Waals surface area contributed by atoms with Gasteiger partial charge in [-0.1, -0.05) is 55.1 Å². The fraction of sp³-hybridized carbons (Fsp3) is 0.333. The molecule has 1 aliphatic heterocycles. The van der Waals surface area contributed by atoms with Gasteiger partial charge in [0.2, 0.25) is 0 Å². The highest BCUT2D eigenvalue weighted by Gasteiger charge is 2.54. The number of imide groups is 1. The molecule has 0 spiro atoms. The maximum absolute atomic E-state index is 13.6. The molecule has 0 aromatic heterocycles. The Bertz CT molecular complexity index is 1160. The minimum Gasteiger partial charge on any atom is -0.497 e. The third-order valence-electron chi connectivity index (χ3n) is 6.24. The van der Waals surface area contributed by atoms with Crippen LogP contribution in [0.1, 0.15) is 33.6 Å². The van der Waals surface area contributed by atoms with Gasteiger partial charge in [-0.05, 0) is 55.3 Å². The lowest BCUT2D eigenvalue weighted by Gasteiger charge is -2.30. The van der Waals surface area contributed by atoms with Crippen LogP contribution >= 0.6 is 55.1 Å². The smallest absolute Gasteiger partial charge is 0.273 e. The number of fused-ring (bicyclic) bond motifs is 1. The Balaban J connectivity index is 1.70. The summed E-state index contributed by atoms with van der Waals surface area (Å²) in [4.78, 5) is 53.5. The van der Waals surface area contributed by atoms with Crippen molar-refractivity contribution in [2.24, 2.45) is 11.8 Å². The number of hydrazine groups is 1. The van der Waals surface area contributed by atoms with E-state index in [0.29, 0.717) is 24.2 Å². The first-order chi connectivity index (χ1) is 16.6. The number of nitrogens with zero attached hydrogens (tertiary/aromatic N) is 2. The second-order valence-corrected chi connectivity index (χ2v) is 11.5. The lowest BCUT2D eigenvalue weighted by molar-refractivity contribution is -0.154. The van der Waals surface area contributed by atoms with Crippen molar-refractivity contribution in [1.29, 1.82) is 0 Å². The number of halogens is 4. The molecule has 1 saturated carbocycles. The van der Waals surface area contributed by atoms with Crippen molar-refractivity contribution in [3.05, 3.63) is 63.6 Å². The average Bonchev–Trinajstić information content (AvgIpc) is 3.08. The van der Waals surface area contributed by atoms with E-state index in [1.807, 2.05) is 0 Å². The normalized spacial score (nSPS) is 23.7. The highest BCUT2D eigenvalue weighted by Crippen LogP contribution is 2.43. The summed E-state index contributed by atoms with van der Waals surface area (Å²) >= 11 is 19.2. The second-order valence-electron chi connectivity index (χ2n) is 8.35. The van der Waals surface area contributed by atoms with Crippen molar-refractivity contribution in [2.45, 2.75) is 22.5 Å². The summed E-state index contributed by atoms with van der Waals surface area (Å²) in [5, 5.41) is 2.14. The van der Waals surface area contributed by atoms with Crippen molar-refractivity contribution in [3.8, 4) is 5.75 Å². The molecule has 2 fully saturated rings. The van der Waals surface area contributed by atoms with Gasteiger partial charge in [0, 0.05) is 20.8 Å². The molecule has 3 amide bonds. The minimum absolute atomic E-state index is 0.000560. The van der Waals surface area contributed by atoms with E-state index in [2.05, 4.69) is 31.9 Å². The molecule has 1 saturated heterocycles. The maximum Gasteiger partial charge on any atom is 0.273 e. The molecule has 0 radical (unpaired) electrons. The Morgan fingerprint density at radius 3 is 2.00 bits per heavy atom. The third kappa shape index (κ3) is 5.14. The van der Waals surface area contributed by atoms with Gasteiger partial charge in [-0.25, -0.2) is 5.01 Å². The number of hydrogen-bond donors (Lipinski definition) is 0. The fourth-order valence-corrected chi connectivity index (χ4v) is 5.87. The standard InChI is InChI=1S/C24H20Br2Cl2N2O5/c1-35-14-5-2-12(3-6-14)21(31)11-29(22(32)13-4-7-19(27)20(28)8-13)30-23(33)15-9-17(25)18(26)10-16(15)24(30)34/h2-8,15-18H,9-11H2,1H3/t15-,16-,17+,18+/m1/s1. The van der Waals surface area contributed by atoms with Gasteiger partial charge < -0.3 is 4.74 Å². The molecule has 2 aromatic rings. The summed E-state index contributed by atoms with van der Waals surface area (Å²) in [7, 11) is 1.51. The Labute approximate surface area is 228 Å². The van der Waals surface area contributed by atoms with Crippen LogP contribution in [0.3, 0.4) is 0 Å². The topological polar surface area (TPSA) is 84.0 Å². The number of ketones is 1. The van der Waals surface area contributed by atoms with Gasteiger partial charge in [0.1, 0.15) is 12.3 Å². The summed E-state index contributed by atoms with van der Waals surface area (Å²) in [5.41, 5.74) is 0.393. The van der Waals surface area contributed by atoms with E-state index in [-0.39, 0.29) is 25.3 Å². The molecule has 4 atom stereocenters. The molecule has 2 aliphatic rings. The lowest BCUT2D eigenvalue weighted by Crippen LogP contribution is -2.52. The zero-order chi connectivity index (χ0) is 25.4. The SMILES string of the molecule is COc1ccc(C(=O)CN(C(=O)c2ccc(Cl)c(Cl)c2)N2C(=O)[C@@H]3C[C@H](Br)[C@@H](Br)C[C@H]3C2=O)cc1. The molecule has 1 aliphatic carbocycles. The Morgan fingerprint density at radius 1 is 0.943 bits per heavy atom. The molecule has 184 valence electrons. The van der Waals surface area contributed by atoms with Gasteiger partial charge in [-0.3, -0.25) is 19.2 Å². The number of alkyl halides is 2. The first-order valence-corrected chi connectivity index (χ1v) is 13.3. The van der Waals surface area contributed by atoms with Crippen LogP contribution in [0.4, 0.5) is 0 Å². The van der Waals surface area contributed by atoms with E-state index in [1.165, 1.54) is 25.3 Å². The Hall–Kier alpha value is -1.94. The van der Waals surface area contributed by atoms with Crippen molar-refractivity contribution in [2.75, 3.05) is 13.7 Å². The fourth-order valence-electron chi connectivity index (χ4n) is 4.33. The number of hydrogen-bond acceptors (Lipinski definition) is 5. The molecule has 1 heterocycles. The molecule has 0 bridgehead atoms. The molecular weight excluding hydrogens is 627 g/mol. The largest absolute Gasteiger partial charge is 0.497 e. The number of carbonyl (C=O) groups excluding carboxylic acids is 4. The number of ether oxygens (including phenoxy) is 1. The molecule has 7 nitrogen and oxygen atoms in total. The van der Waals surface area contributed by atoms with Crippen LogP contribution in [0.25, 0.3) is 0 Å². The van der Waals surface area contributed by atoms with Crippen molar-refractivity contribution < 1.29 is 23.9 Å². The molecule has 11 heteroatoms. The van der Waals surface area contributed by atoms with Crippen LogP contribution < -0.4 is 4.74 Å². The Kier molecular flexibility index (Phi) is 7.90. The van der Waals surface area contributed by atoms with Crippen LogP contribution in [-0.4, -0.2) is 56.8 Å². The van der Waals surface area contributed by atoms with Gasteiger partial charge in [0.05, 0.1) is 29.0 Å². The molecule has 2 aromatic carbocycles. The highest BCUT2D eigenvalue weighted by molar-refractivity contribution is 9.12. The molecule has 0 unspecified atom stereocenters. The zero-order valence-electron chi connectivity index (χ0n) is 18.4. The van der Waals surface area contributed by atoms with Gasteiger partial charge in [-0.15, -0.1) is 0 Å². The van der Waals surface area contributed by atoms with E-state index in [1.54, 1.807) is 24.3 Å². The molecule has 35 heavy (non-hydrogen) atoms. The summed E-state index contributed by atoms with van der Waals surface area (Å²) in [6, 6.07) is 10.6. The summed E-state index contributed by atoms with van der Waals surface area (Å²) in [6.45, 7) is -0.516. The predicted octanol–water partition coefficient (Wildman–Crippen LogP) is 5.16. The van der Waals surface area contributed by atoms with E-state index in [0.717, 1.165) is 10.0 Å². The van der Waals surface area contributed by atoms with Crippen molar-refractivity contribution >= 4 is 78.6 Å². The maximum atomic E-state index is 13.6. The van der Waals surface area contributed by atoms with E-state index >= 15 is 0 Å². The van der Waals surface area contributed by atoms with Gasteiger partial charge in [0.15, 0.2) is 5.78 Å². The Morgan fingerprint density at radius 2 is 1.49 bits per heavy atom. The van der Waals surface area contributed by atoms with E-state index < -0.39 is 41.9 Å². The number of carbonyl (C=O) groups is 4. The van der Waals surface area contributed by atoms with E-state index in [9.17, 15) is 19.2 Å². The van der Waals surface area contributed by atoms with Gasteiger partial charge in [0.25, 0.3) is 17.7 Å². The molecule has 0 N–H and O–H groups in total. The van der Waals surface area contributed by atoms with Crippen LogP contribution in [0.15, 0.2) is 42.5 Å². The molecular formula is C24H20Br2Cl2N2O5. The van der Waals surface area contributed by atoms with Crippen molar-refractivity contribution in [1.82, 2.24) is 10.0 Å². The van der Waals surface area contributed by atoms with Crippen LogP contribution in [-0.2, 0) is 9.59 Å². The number of methoxy groups -OCH3 is 1. The summed E-state index contributed by atoms with van der Waals surface area (Å²) < 4.78 is 5.12. The number of amides is 3. The monoisotopic (exact) mass is 644 g/mol. The summed E-state index contributed by atoms with van der Waals surface area (Å²) in [6.07, 6.45) is 0.867. The highest BCUT2D eigenvalue weighted by atomic mass is 79.9. The number of rotatable bonds is 6. The number of benzene rings is 2. The third-order valence-corrected chi connectivity index (χ3v) is 9.71. The van der Waals surface area contributed by atoms with Gasteiger partial charge in [-0.2, -0.15) is 5.01 Å². The predicted molar refractivity (Wildman–Crippen MR) is 138 cm³/mol. The van der Waals surface area contributed by atoms with E-state index in [4.69, 9.17) is 27.9 Å². The average molecular weight is 647 g/mol. The zero-order valence-corrected chi connectivity index (χ0v) is 23.1. The lowest BCUT2D eigenvalue weighted by atomic mass is 9.81. The van der Waals surface area contributed by atoms with Crippen LogP contribution in [0.2, 0.25) is 10.0 Å². The molecule has 4 rings (SSSR count). The minimum atomic E-state index is -0.712. The van der Waals surface area contributed by atoms with Crippen molar-refractivity contribution in [3.63, 3.8) is 0 Å². The van der Waals surface area contributed by atoms with Crippen LogP contribution in [0.5, 0.6) is 5.75 Å². The first kappa shape index (κ1) is 26.1.